The minimum atomic E-state index is -0.562. The third kappa shape index (κ3) is 2.45. The van der Waals surface area contributed by atoms with E-state index in [9.17, 15) is 9.59 Å². The van der Waals surface area contributed by atoms with Gasteiger partial charge in [0, 0.05) is 18.0 Å². The lowest BCUT2D eigenvalue weighted by molar-refractivity contribution is 0.0503. The molecule has 0 bridgehead atoms. The molecule has 0 aliphatic carbocycles. The molecule has 0 unspecified atom stereocenters. The summed E-state index contributed by atoms with van der Waals surface area (Å²) in [5, 5.41) is 0. The Hall–Kier alpha value is -1.58. The lowest BCUT2D eigenvalue weighted by Crippen LogP contribution is -2.17. The summed E-state index contributed by atoms with van der Waals surface area (Å²) >= 11 is 0. The summed E-state index contributed by atoms with van der Waals surface area (Å²) in [5.41, 5.74) is 0.480. The highest BCUT2D eigenvalue weighted by atomic mass is 16.5. The normalized spacial score (nSPS) is 9.86. The lowest BCUT2D eigenvalue weighted by atomic mass is 10.2. The van der Waals surface area contributed by atoms with Gasteiger partial charge in [-0.25, -0.2) is 4.79 Å². The van der Waals surface area contributed by atoms with Crippen LogP contribution in [-0.4, -0.2) is 17.6 Å². The molecule has 1 N–H and O–H groups in total. The third-order valence-corrected chi connectivity index (χ3v) is 1.71. The predicted molar refractivity (Wildman–Crippen MR) is 52.4 cm³/mol. The number of aryl methyl sites for hydroxylation is 1. The molecule has 0 aliphatic heterocycles. The highest BCUT2D eigenvalue weighted by Crippen LogP contribution is 1.96. The van der Waals surface area contributed by atoms with Crippen LogP contribution in [0.25, 0.3) is 0 Å². The molecule has 14 heavy (non-hydrogen) atoms. The van der Waals surface area contributed by atoms with E-state index in [4.69, 9.17) is 4.74 Å². The summed E-state index contributed by atoms with van der Waals surface area (Å²) in [7, 11) is 0. The smallest absolute Gasteiger partial charge is 0.343 e. The van der Waals surface area contributed by atoms with Gasteiger partial charge < -0.3 is 9.72 Å². The van der Waals surface area contributed by atoms with Crippen LogP contribution in [0.2, 0.25) is 0 Å². The molecule has 0 saturated carbocycles. The molecule has 0 aliphatic rings. The summed E-state index contributed by atoms with van der Waals surface area (Å²) in [6, 6.07) is 1.38. The molecule has 0 fully saturated rings. The fourth-order valence-electron chi connectivity index (χ4n) is 1.01. The van der Waals surface area contributed by atoms with Gasteiger partial charge in [0.1, 0.15) is 5.56 Å². The van der Waals surface area contributed by atoms with Gasteiger partial charge in [0.15, 0.2) is 5.43 Å². The topological polar surface area (TPSA) is 59.2 Å². The first-order valence-electron chi connectivity index (χ1n) is 4.51. The maximum absolute atomic E-state index is 11.3. The van der Waals surface area contributed by atoms with Crippen molar-refractivity contribution in [1.29, 1.82) is 0 Å². The van der Waals surface area contributed by atoms with E-state index in [-0.39, 0.29) is 11.0 Å². The zero-order chi connectivity index (χ0) is 10.6. The van der Waals surface area contributed by atoms with E-state index in [1.165, 1.54) is 12.3 Å². The van der Waals surface area contributed by atoms with Crippen molar-refractivity contribution in [3.05, 3.63) is 33.7 Å². The molecule has 0 atom stereocenters. The van der Waals surface area contributed by atoms with Gasteiger partial charge >= 0.3 is 5.97 Å². The van der Waals surface area contributed by atoms with Crippen LogP contribution in [-0.2, 0) is 4.74 Å². The number of aromatic amines is 1. The predicted octanol–water partition coefficient (Wildman–Crippen LogP) is 1.25. The van der Waals surface area contributed by atoms with Crippen LogP contribution >= 0.6 is 0 Å². The molecule has 1 rings (SSSR count). The van der Waals surface area contributed by atoms with E-state index < -0.39 is 5.97 Å². The molecule has 4 heteroatoms. The summed E-state index contributed by atoms with van der Waals surface area (Å²) in [6.45, 7) is 3.99. The molecular formula is C10H13NO3. The summed E-state index contributed by atoms with van der Waals surface area (Å²) in [4.78, 5) is 25.4. The number of esters is 1. The van der Waals surface area contributed by atoms with Crippen molar-refractivity contribution in [3.8, 4) is 0 Å². The molecule has 0 spiro atoms. The minimum Gasteiger partial charge on any atom is -0.462 e. The second kappa shape index (κ2) is 4.60. The number of H-pyrrole nitrogens is 1. The van der Waals surface area contributed by atoms with Crippen LogP contribution in [0.15, 0.2) is 17.1 Å². The van der Waals surface area contributed by atoms with Gasteiger partial charge in [-0.2, -0.15) is 0 Å². The van der Waals surface area contributed by atoms with Crippen LogP contribution in [0.4, 0.5) is 0 Å². The van der Waals surface area contributed by atoms with E-state index in [0.29, 0.717) is 6.61 Å². The zero-order valence-electron chi connectivity index (χ0n) is 8.29. The first kappa shape index (κ1) is 10.5. The van der Waals surface area contributed by atoms with Crippen LogP contribution < -0.4 is 5.43 Å². The average molecular weight is 195 g/mol. The van der Waals surface area contributed by atoms with Gasteiger partial charge in [0.2, 0.25) is 0 Å². The Bertz CT molecular complexity index is 381. The Morgan fingerprint density at radius 1 is 1.57 bits per heavy atom. The molecule has 0 saturated heterocycles. The molecule has 4 nitrogen and oxygen atoms in total. The van der Waals surface area contributed by atoms with Crippen LogP contribution in [0.3, 0.4) is 0 Å². The zero-order valence-corrected chi connectivity index (χ0v) is 8.29. The van der Waals surface area contributed by atoms with Gasteiger partial charge in [-0.05, 0) is 13.3 Å². The van der Waals surface area contributed by atoms with Crippen molar-refractivity contribution < 1.29 is 9.53 Å². The minimum absolute atomic E-state index is 0.0593. The highest BCUT2D eigenvalue weighted by Gasteiger charge is 2.10. The quantitative estimate of drug-likeness (QED) is 0.738. The molecule has 0 radical (unpaired) electrons. The molecule has 0 aromatic carbocycles. The third-order valence-electron chi connectivity index (χ3n) is 1.71. The monoisotopic (exact) mass is 195 g/mol. The number of carbonyl (C=O) groups is 1. The van der Waals surface area contributed by atoms with Gasteiger partial charge in [-0.3, -0.25) is 4.79 Å². The van der Waals surface area contributed by atoms with Gasteiger partial charge in [-0.15, -0.1) is 0 Å². The number of pyridine rings is 1. The second-order valence-corrected chi connectivity index (χ2v) is 3.03. The summed E-state index contributed by atoms with van der Waals surface area (Å²) in [5.74, 6) is -0.562. The van der Waals surface area contributed by atoms with E-state index in [0.717, 1.165) is 12.1 Å². The molecule has 76 valence electrons. The number of hydrogen-bond acceptors (Lipinski definition) is 3. The molecule has 1 aromatic heterocycles. The van der Waals surface area contributed by atoms with Gasteiger partial charge in [0.25, 0.3) is 0 Å². The molecule has 1 aromatic rings. The molecule has 1 heterocycles. The van der Waals surface area contributed by atoms with E-state index >= 15 is 0 Å². The number of rotatable bonds is 3. The van der Waals surface area contributed by atoms with Crippen LogP contribution in [0, 0.1) is 6.92 Å². The fraction of sp³-hybridized carbons (Fsp3) is 0.400. The maximum Gasteiger partial charge on any atom is 0.343 e. The van der Waals surface area contributed by atoms with E-state index in [2.05, 4.69) is 4.98 Å². The first-order chi connectivity index (χ1) is 6.65. The SMILES string of the molecule is CCCOC(=O)c1c[nH]c(C)cc1=O. The number of hydrogen-bond donors (Lipinski definition) is 1. The second-order valence-electron chi connectivity index (χ2n) is 3.03. The fourth-order valence-corrected chi connectivity index (χ4v) is 1.01. The van der Waals surface area contributed by atoms with Crippen LogP contribution in [0.5, 0.6) is 0 Å². The Morgan fingerprint density at radius 3 is 2.86 bits per heavy atom. The molecule has 0 amide bonds. The Labute approximate surface area is 81.9 Å². The Kier molecular flexibility index (Phi) is 3.45. The van der Waals surface area contributed by atoms with Crippen molar-refractivity contribution >= 4 is 5.97 Å². The van der Waals surface area contributed by atoms with Crippen molar-refractivity contribution in [1.82, 2.24) is 4.98 Å². The van der Waals surface area contributed by atoms with Crippen LogP contribution in [0.1, 0.15) is 29.4 Å². The first-order valence-corrected chi connectivity index (χ1v) is 4.51. The Balaban J connectivity index is 2.85. The lowest BCUT2D eigenvalue weighted by Gasteiger charge is -2.02. The summed E-state index contributed by atoms with van der Waals surface area (Å²) in [6.07, 6.45) is 2.13. The number of carbonyl (C=O) groups excluding carboxylic acids is 1. The van der Waals surface area contributed by atoms with E-state index in [1.54, 1.807) is 6.92 Å². The van der Waals surface area contributed by atoms with Gasteiger partial charge in [-0.1, -0.05) is 6.92 Å². The van der Waals surface area contributed by atoms with E-state index in [1.807, 2.05) is 6.92 Å². The number of aromatic nitrogens is 1. The number of ether oxygens (including phenoxy) is 1. The van der Waals surface area contributed by atoms with Crippen molar-refractivity contribution in [2.24, 2.45) is 0 Å². The van der Waals surface area contributed by atoms with Crippen molar-refractivity contribution in [2.75, 3.05) is 6.61 Å². The average Bonchev–Trinajstić information content (AvgIpc) is 2.14. The largest absolute Gasteiger partial charge is 0.462 e. The molecular weight excluding hydrogens is 182 g/mol. The van der Waals surface area contributed by atoms with Crippen molar-refractivity contribution in [3.63, 3.8) is 0 Å². The summed E-state index contributed by atoms with van der Waals surface area (Å²) < 4.78 is 4.84. The standard InChI is InChI=1S/C10H13NO3/c1-3-4-14-10(13)8-6-11-7(2)5-9(8)12/h5-6H,3-4H2,1-2H3,(H,11,12). The van der Waals surface area contributed by atoms with Crippen molar-refractivity contribution in [2.45, 2.75) is 20.3 Å². The number of nitrogens with one attached hydrogen (secondary N) is 1. The van der Waals surface area contributed by atoms with Gasteiger partial charge in [0.05, 0.1) is 6.61 Å². The maximum atomic E-state index is 11.3. The Morgan fingerprint density at radius 2 is 2.29 bits per heavy atom. The highest BCUT2D eigenvalue weighted by molar-refractivity contribution is 5.88.